The number of carbonyl (C=O) groups is 1. The fraction of sp³-hybridized carbons (Fsp3) is 0.312. The van der Waals surface area contributed by atoms with Crippen molar-refractivity contribution in [3.05, 3.63) is 29.3 Å². The Morgan fingerprint density at radius 2 is 2.00 bits per heavy atom. The number of phenols is 1. The zero-order valence-electron chi connectivity index (χ0n) is 12.1. The molecule has 0 fully saturated rings. The highest BCUT2D eigenvalue weighted by atomic mass is 16.5. The molecule has 2 aromatic carbocycles. The molecule has 1 N–H and O–H groups in total. The molecule has 0 spiro atoms. The highest BCUT2D eigenvalue weighted by Crippen LogP contribution is 2.42. The Bertz CT molecular complexity index is 735. The fourth-order valence-electron chi connectivity index (χ4n) is 2.65. The number of carbonyl (C=O) groups excluding carboxylic acids is 1. The fourth-order valence-corrected chi connectivity index (χ4v) is 2.65. The smallest absolute Gasteiger partial charge is 0.191 e. The van der Waals surface area contributed by atoms with Gasteiger partial charge in [0.15, 0.2) is 5.78 Å². The number of benzene rings is 2. The first-order valence-electron chi connectivity index (χ1n) is 6.63. The third kappa shape index (κ3) is 2.01. The third-order valence-corrected chi connectivity index (χ3v) is 3.82. The standard InChI is InChI=1S/C16H16O5/c1-8-15(17)11-5-9-4-10(19-2)6-13(20-3)14(9)16(18)12(11)7-21-8/h4-6,8,18H,7H2,1-3H3/t8-/m0/s1. The Morgan fingerprint density at radius 1 is 1.24 bits per heavy atom. The molecule has 21 heavy (non-hydrogen) atoms. The molecule has 3 rings (SSSR count). The highest BCUT2D eigenvalue weighted by Gasteiger charge is 2.29. The van der Waals surface area contributed by atoms with Crippen molar-refractivity contribution in [3.63, 3.8) is 0 Å². The lowest BCUT2D eigenvalue weighted by molar-refractivity contribution is 0.0329. The molecule has 0 saturated carbocycles. The van der Waals surface area contributed by atoms with Crippen molar-refractivity contribution in [1.82, 2.24) is 0 Å². The van der Waals surface area contributed by atoms with Crippen LogP contribution in [0.3, 0.4) is 0 Å². The normalized spacial score (nSPS) is 17.7. The Morgan fingerprint density at radius 3 is 2.67 bits per heavy atom. The van der Waals surface area contributed by atoms with Crippen LogP contribution in [0.2, 0.25) is 0 Å². The monoisotopic (exact) mass is 288 g/mol. The summed E-state index contributed by atoms with van der Waals surface area (Å²) in [5, 5.41) is 11.8. The summed E-state index contributed by atoms with van der Waals surface area (Å²) in [5.74, 6) is 1.000. The van der Waals surface area contributed by atoms with Gasteiger partial charge in [0.2, 0.25) is 0 Å². The maximum absolute atomic E-state index is 12.2. The number of ketones is 1. The molecule has 110 valence electrons. The minimum atomic E-state index is -0.498. The van der Waals surface area contributed by atoms with Crippen molar-refractivity contribution in [1.29, 1.82) is 0 Å². The van der Waals surface area contributed by atoms with E-state index >= 15 is 0 Å². The van der Waals surface area contributed by atoms with E-state index in [-0.39, 0.29) is 18.1 Å². The number of methoxy groups -OCH3 is 2. The van der Waals surface area contributed by atoms with E-state index in [0.717, 1.165) is 0 Å². The summed E-state index contributed by atoms with van der Waals surface area (Å²) < 4.78 is 15.9. The van der Waals surface area contributed by atoms with E-state index in [1.807, 2.05) is 0 Å². The molecule has 1 heterocycles. The van der Waals surface area contributed by atoms with Gasteiger partial charge < -0.3 is 19.3 Å². The van der Waals surface area contributed by atoms with Gasteiger partial charge in [-0.15, -0.1) is 0 Å². The first-order valence-corrected chi connectivity index (χ1v) is 6.63. The van der Waals surface area contributed by atoms with Gasteiger partial charge >= 0.3 is 0 Å². The Balaban J connectivity index is 2.36. The number of fused-ring (bicyclic) bond motifs is 2. The van der Waals surface area contributed by atoms with Crippen molar-refractivity contribution < 1.29 is 24.1 Å². The summed E-state index contributed by atoms with van der Waals surface area (Å²) in [6.45, 7) is 1.91. The molecule has 1 aliphatic heterocycles. The molecule has 5 nitrogen and oxygen atoms in total. The summed E-state index contributed by atoms with van der Waals surface area (Å²) in [5.41, 5.74) is 1.00. The SMILES string of the molecule is COc1cc(OC)c2c(O)c3c(cc2c1)C(=O)[C@H](C)OC3. The van der Waals surface area contributed by atoms with Crippen LogP contribution in [0.1, 0.15) is 22.8 Å². The molecular weight excluding hydrogens is 272 g/mol. The van der Waals surface area contributed by atoms with Crippen LogP contribution < -0.4 is 9.47 Å². The second-order valence-electron chi connectivity index (χ2n) is 5.00. The van der Waals surface area contributed by atoms with Gasteiger partial charge in [0, 0.05) is 17.2 Å². The minimum absolute atomic E-state index is 0.0299. The van der Waals surface area contributed by atoms with Crippen LogP contribution in [0.5, 0.6) is 17.2 Å². The maximum atomic E-state index is 12.2. The number of Topliss-reactive ketones (excluding diaryl/α,β-unsaturated/α-hetero) is 1. The van der Waals surface area contributed by atoms with Gasteiger partial charge in [0.1, 0.15) is 23.4 Å². The van der Waals surface area contributed by atoms with Gasteiger partial charge in [-0.25, -0.2) is 0 Å². The lowest BCUT2D eigenvalue weighted by atomic mass is 9.93. The number of rotatable bonds is 2. The van der Waals surface area contributed by atoms with Crippen molar-refractivity contribution in [2.75, 3.05) is 14.2 Å². The first kappa shape index (κ1) is 13.7. The lowest BCUT2D eigenvalue weighted by Crippen LogP contribution is -2.27. The zero-order chi connectivity index (χ0) is 15.1. The molecule has 0 unspecified atom stereocenters. The number of hydrogen-bond acceptors (Lipinski definition) is 5. The molecule has 0 saturated heterocycles. The van der Waals surface area contributed by atoms with E-state index in [9.17, 15) is 9.90 Å². The van der Waals surface area contributed by atoms with E-state index in [4.69, 9.17) is 14.2 Å². The predicted molar refractivity (Wildman–Crippen MR) is 77.3 cm³/mol. The largest absolute Gasteiger partial charge is 0.507 e. The van der Waals surface area contributed by atoms with Crippen LogP contribution in [0, 0.1) is 0 Å². The van der Waals surface area contributed by atoms with Crippen molar-refractivity contribution in [2.45, 2.75) is 19.6 Å². The number of aromatic hydroxyl groups is 1. The highest BCUT2D eigenvalue weighted by molar-refractivity contribution is 6.08. The van der Waals surface area contributed by atoms with E-state index in [0.29, 0.717) is 33.4 Å². The van der Waals surface area contributed by atoms with Crippen LogP contribution in [0.4, 0.5) is 0 Å². The number of hydrogen-bond donors (Lipinski definition) is 1. The number of ether oxygens (including phenoxy) is 3. The van der Waals surface area contributed by atoms with Gasteiger partial charge in [0.25, 0.3) is 0 Å². The van der Waals surface area contributed by atoms with Gasteiger partial charge in [-0.1, -0.05) is 0 Å². The number of phenolic OH excluding ortho intramolecular Hbond substituents is 1. The molecule has 1 aliphatic rings. The van der Waals surface area contributed by atoms with Crippen LogP contribution in [-0.2, 0) is 11.3 Å². The van der Waals surface area contributed by atoms with Crippen LogP contribution in [0.15, 0.2) is 18.2 Å². The molecule has 5 heteroatoms. The van der Waals surface area contributed by atoms with Crippen LogP contribution >= 0.6 is 0 Å². The molecule has 2 aromatic rings. The summed E-state index contributed by atoms with van der Waals surface area (Å²) in [7, 11) is 3.08. The molecule has 0 aromatic heterocycles. The van der Waals surface area contributed by atoms with Gasteiger partial charge in [-0.05, 0) is 24.4 Å². The Labute approximate surface area is 122 Å². The minimum Gasteiger partial charge on any atom is -0.507 e. The Hall–Kier alpha value is -2.27. The van der Waals surface area contributed by atoms with Crippen LogP contribution in [-0.4, -0.2) is 31.2 Å². The second kappa shape index (κ2) is 4.93. The quantitative estimate of drug-likeness (QED) is 0.920. The average molecular weight is 288 g/mol. The Kier molecular flexibility index (Phi) is 3.22. The molecule has 0 aliphatic carbocycles. The summed E-state index contributed by atoms with van der Waals surface area (Å²) in [6.07, 6.45) is -0.498. The summed E-state index contributed by atoms with van der Waals surface area (Å²) >= 11 is 0. The topological polar surface area (TPSA) is 65.0 Å². The van der Waals surface area contributed by atoms with Crippen LogP contribution in [0.25, 0.3) is 10.8 Å². The van der Waals surface area contributed by atoms with E-state index < -0.39 is 6.10 Å². The van der Waals surface area contributed by atoms with E-state index in [1.54, 1.807) is 32.2 Å². The third-order valence-electron chi connectivity index (χ3n) is 3.82. The summed E-state index contributed by atoms with van der Waals surface area (Å²) in [6, 6.07) is 5.23. The predicted octanol–water partition coefficient (Wildman–Crippen LogP) is 2.66. The molecule has 0 amide bonds. The van der Waals surface area contributed by atoms with E-state index in [2.05, 4.69) is 0 Å². The lowest BCUT2D eigenvalue weighted by Gasteiger charge is -2.23. The molecule has 1 atom stereocenters. The zero-order valence-corrected chi connectivity index (χ0v) is 12.1. The maximum Gasteiger partial charge on any atom is 0.191 e. The average Bonchev–Trinajstić information content (AvgIpc) is 2.50. The molecule has 0 radical (unpaired) electrons. The van der Waals surface area contributed by atoms with Crippen molar-refractivity contribution in [3.8, 4) is 17.2 Å². The van der Waals surface area contributed by atoms with E-state index in [1.165, 1.54) is 7.11 Å². The van der Waals surface area contributed by atoms with Crippen molar-refractivity contribution in [2.24, 2.45) is 0 Å². The van der Waals surface area contributed by atoms with Gasteiger partial charge in [0.05, 0.1) is 26.2 Å². The molecule has 0 bridgehead atoms. The summed E-state index contributed by atoms with van der Waals surface area (Å²) in [4.78, 5) is 12.2. The van der Waals surface area contributed by atoms with Gasteiger partial charge in [-0.2, -0.15) is 0 Å². The van der Waals surface area contributed by atoms with Gasteiger partial charge in [-0.3, -0.25) is 4.79 Å². The second-order valence-corrected chi connectivity index (χ2v) is 5.00. The molecular formula is C16H16O5. The van der Waals surface area contributed by atoms with Crippen molar-refractivity contribution >= 4 is 16.6 Å². The first-order chi connectivity index (χ1) is 10.1.